The molecule has 0 aliphatic heterocycles. The Bertz CT molecular complexity index is 472. The van der Waals surface area contributed by atoms with E-state index in [9.17, 15) is 9.18 Å². The highest BCUT2D eigenvalue weighted by atomic mass is 19.1. The van der Waals surface area contributed by atoms with Crippen LogP contribution in [0.15, 0.2) is 18.2 Å². The molecule has 1 amide bonds. The molecule has 3 N–H and O–H groups in total. The lowest BCUT2D eigenvalue weighted by Gasteiger charge is -2.20. The standard InChI is InChI=1S/C14H21FN2O3/c1-14(2,3)20-13(18)17-9-5-6-10(11(15)8-16)12(7-9)19-4/h5-7,11H,8,16H2,1-4H3,(H,17,18). The van der Waals surface area contributed by atoms with Crippen molar-refractivity contribution in [3.63, 3.8) is 0 Å². The molecule has 1 unspecified atom stereocenters. The van der Waals surface area contributed by atoms with Crippen LogP contribution in [0.5, 0.6) is 5.75 Å². The van der Waals surface area contributed by atoms with Crippen LogP contribution in [0.1, 0.15) is 32.5 Å². The molecule has 0 bridgehead atoms. The zero-order valence-corrected chi connectivity index (χ0v) is 12.2. The molecule has 0 aliphatic rings. The maximum absolute atomic E-state index is 13.6. The topological polar surface area (TPSA) is 73.6 Å². The number of benzene rings is 1. The van der Waals surface area contributed by atoms with Crippen molar-refractivity contribution in [1.29, 1.82) is 0 Å². The third kappa shape index (κ3) is 4.70. The molecule has 0 spiro atoms. The summed E-state index contributed by atoms with van der Waals surface area (Å²) >= 11 is 0. The summed E-state index contributed by atoms with van der Waals surface area (Å²) in [6, 6.07) is 4.63. The molecule has 0 aromatic heterocycles. The number of nitrogens with one attached hydrogen (secondary N) is 1. The largest absolute Gasteiger partial charge is 0.496 e. The van der Waals surface area contributed by atoms with Gasteiger partial charge in [0.15, 0.2) is 0 Å². The van der Waals surface area contributed by atoms with Gasteiger partial charge in [-0.05, 0) is 26.8 Å². The highest BCUT2D eigenvalue weighted by Gasteiger charge is 2.18. The van der Waals surface area contributed by atoms with Crippen molar-refractivity contribution in [2.75, 3.05) is 19.0 Å². The lowest BCUT2D eigenvalue weighted by Crippen LogP contribution is -2.27. The first-order chi connectivity index (χ1) is 9.26. The minimum absolute atomic E-state index is 0.130. The van der Waals surface area contributed by atoms with Crippen molar-refractivity contribution >= 4 is 11.8 Å². The van der Waals surface area contributed by atoms with Gasteiger partial charge in [0.25, 0.3) is 0 Å². The molecule has 0 aliphatic carbocycles. The van der Waals surface area contributed by atoms with E-state index < -0.39 is 17.9 Å². The molecule has 1 rings (SSSR count). The third-order valence-corrected chi connectivity index (χ3v) is 2.42. The lowest BCUT2D eigenvalue weighted by atomic mass is 10.1. The molecule has 0 saturated heterocycles. The molecule has 0 radical (unpaired) electrons. The van der Waals surface area contributed by atoms with Gasteiger partial charge in [-0.1, -0.05) is 6.07 Å². The Hall–Kier alpha value is -1.82. The van der Waals surface area contributed by atoms with Gasteiger partial charge >= 0.3 is 6.09 Å². The summed E-state index contributed by atoms with van der Waals surface area (Å²) < 4.78 is 23.8. The fourth-order valence-corrected chi connectivity index (χ4v) is 1.60. The first-order valence-corrected chi connectivity index (χ1v) is 6.29. The van der Waals surface area contributed by atoms with Crippen molar-refractivity contribution in [3.05, 3.63) is 23.8 Å². The van der Waals surface area contributed by atoms with E-state index in [4.69, 9.17) is 15.2 Å². The van der Waals surface area contributed by atoms with Gasteiger partial charge in [0.1, 0.15) is 17.5 Å². The second-order valence-corrected chi connectivity index (χ2v) is 5.29. The zero-order chi connectivity index (χ0) is 15.3. The number of amides is 1. The van der Waals surface area contributed by atoms with E-state index in [1.54, 1.807) is 26.8 Å². The van der Waals surface area contributed by atoms with Crippen molar-refractivity contribution in [2.45, 2.75) is 32.5 Å². The molecule has 0 fully saturated rings. The monoisotopic (exact) mass is 284 g/mol. The van der Waals surface area contributed by atoms with Gasteiger partial charge in [-0.15, -0.1) is 0 Å². The number of ether oxygens (including phenoxy) is 2. The first-order valence-electron chi connectivity index (χ1n) is 6.29. The number of carbonyl (C=O) groups excluding carboxylic acids is 1. The molecule has 1 atom stereocenters. The van der Waals surface area contributed by atoms with Crippen LogP contribution in [0.2, 0.25) is 0 Å². The van der Waals surface area contributed by atoms with Gasteiger partial charge in [0.05, 0.1) is 7.11 Å². The number of carbonyl (C=O) groups is 1. The molecule has 1 aromatic carbocycles. The minimum atomic E-state index is -1.31. The van der Waals surface area contributed by atoms with Crippen LogP contribution in [-0.2, 0) is 4.74 Å². The first kappa shape index (κ1) is 16.2. The molecule has 1 aromatic rings. The number of rotatable bonds is 4. The van der Waals surface area contributed by atoms with Crippen molar-refractivity contribution in [1.82, 2.24) is 0 Å². The summed E-state index contributed by atoms with van der Waals surface area (Å²) in [5.41, 5.74) is 5.52. The second-order valence-electron chi connectivity index (χ2n) is 5.29. The van der Waals surface area contributed by atoms with Gasteiger partial charge in [0, 0.05) is 23.9 Å². The van der Waals surface area contributed by atoms with E-state index in [2.05, 4.69) is 5.32 Å². The molecule has 0 heterocycles. The van der Waals surface area contributed by atoms with Gasteiger partial charge in [-0.2, -0.15) is 0 Å². The predicted octanol–water partition coefficient (Wildman–Crippen LogP) is 3.01. The Labute approximate surface area is 118 Å². The Morgan fingerprint density at radius 3 is 2.60 bits per heavy atom. The maximum atomic E-state index is 13.6. The quantitative estimate of drug-likeness (QED) is 0.891. The van der Waals surface area contributed by atoms with Crippen LogP contribution < -0.4 is 15.8 Å². The number of halogens is 1. The Kier molecular flexibility index (Phi) is 5.33. The van der Waals surface area contributed by atoms with E-state index in [0.29, 0.717) is 17.0 Å². The summed E-state index contributed by atoms with van der Waals surface area (Å²) in [7, 11) is 1.43. The average molecular weight is 284 g/mol. The average Bonchev–Trinajstić information content (AvgIpc) is 2.35. The summed E-state index contributed by atoms with van der Waals surface area (Å²) in [4.78, 5) is 11.6. The number of nitrogens with two attached hydrogens (primary N) is 1. The van der Waals surface area contributed by atoms with E-state index in [1.165, 1.54) is 19.2 Å². The summed E-state index contributed by atoms with van der Waals surface area (Å²) in [5, 5.41) is 2.56. The molecule has 6 heteroatoms. The van der Waals surface area contributed by atoms with Crippen LogP contribution in [0.4, 0.5) is 14.9 Å². The molecule has 112 valence electrons. The van der Waals surface area contributed by atoms with Crippen LogP contribution in [-0.4, -0.2) is 25.3 Å². The number of alkyl halides is 1. The normalized spacial score (nSPS) is 12.7. The van der Waals surface area contributed by atoms with Crippen LogP contribution in [0, 0.1) is 0 Å². The van der Waals surface area contributed by atoms with Gasteiger partial charge in [-0.3, -0.25) is 5.32 Å². The highest BCUT2D eigenvalue weighted by Crippen LogP contribution is 2.30. The Morgan fingerprint density at radius 1 is 1.45 bits per heavy atom. The molecular weight excluding hydrogens is 263 g/mol. The van der Waals surface area contributed by atoms with Crippen LogP contribution in [0.25, 0.3) is 0 Å². The van der Waals surface area contributed by atoms with E-state index in [-0.39, 0.29) is 6.54 Å². The minimum Gasteiger partial charge on any atom is -0.496 e. The fraction of sp³-hybridized carbons (Fsp3) is 0.500. The molecule has 5 nitrogen and oxygen atoms in total. The number of anilines is 1. The van der Waals surface area contributed by atoms with Crippen molar-refractivity contribution in [2.24, 2.45) is 5.73 Å². The van der Waals surface area contributed by atoms with E-state index in [1.807, 2.05) is 0 Å². The number of hydrogen-bond acceptors (Lipinski definition) is 4. The van der Waals surface area contributed by atoms with E-state index in [0.717, 1.165) is 0 Å². The summed E-state index contributed by atoms with van der Waals surface area (Å²) in [6.45, 7) is 5.18. The van der Waals surface area contributed by atoms with Crippen molar-refractivity contribution in [3.8, 4) is 5.75 Å². The smallest absolute Gasteiger partial charge is 0.412 e. The molecule has 20 heavy (non-hydrogen) atoms. The maximum Gasteiger partial charge on any atom is 0.412 e. The number of hydrogen-bond donors (Lipinski definition) is 2. The Morgan fingerprint density at radius 2 is 2.10 bits per heavy atom. The summed E-state index contributed by atoms with van der Waals surface area (Å²) in [5.74, 6) is 0.330. The van der Waals surface area contributed by atoms with Crippen molar-refractivity contribution < 1.29 is 18.7 Å². The molecular formula is C14H21FN2O3. The molecule has 0 saturated carbocycles. The van der Waals surface area contributed by atoms with E-state index >= 15 is 0 Å². The number of methoxy groups -OCH3 is 1. The van der Waals surface area contributed by atoms with Gasteiger partial charge < -0.3 is 15.2 Å². The van der Waals surface area contributed by atoms with Gasteiger partial charge in [0.2, 0.25) is 0 Å². The predicted molar refractivity (Wildman–Crippen MR) is 75.8 cm³/mol. The van der Waals surface area contributed by atoms with Gasteiger partial charge in [-0.25, -0.2) is 9.18 Å². The fourth-order valence-electron chi connectivity index (χ4n) is 1.60. The summed E-state index contributed by atoms with van der Waals surface area (Å²) in [6.07, 6.45) is -1.89. The zero-order valence-electron chi connectivity index (χ0n) is 12.2. The third-order valence-electron chi connectivity index (χ3n) is 2.42. The Balaban J connectivity index is 2.85. The second kappa shape index (κ2) is 6.56. The SMILES string of the molecule is COc1cc(NC(=O)OC(C)(C)C)ccc1C(F)CN. The lowest BCUT2D eigenvalue weighted by molar-refractivity contribution is 0.0636. The highest BCUT2D eigenvalue weighted by molar-refractivity contribution is 5.85. The van der Waals surface area contributed by atoms with Crippen LogP contribution >= 0.6 is 0 Å². The van der Waals surface area contributed by atoms with Crippen LogP contribution in [0.3, 0.4) is 0 Å².